The maximum absolute atomic E-state index is 11.8. The first-order valence-corrected chi connectivity index (χ1v) is 6.69. The normalized spacial score (nSPS) is 15.8. The number of hydrogen-bond donors (Lipinski definition) is 0. The summed E-state index contributed by atoms with van der Waals surface area (Å²) in [5, 5.41) is 0.158. The van der Waals surface area contributed by atoms with Crippen molar-refractivity contribution >= 4 is 23.6 Å². The summed E-state index contributed by atoms with van der Waals surface area (Å²) in [5.41, 5.74) is -0.476. The zero-order chi connectivity index (χ0) is 14.9. The Hall–Kier alpha value is -1.63. The number of carbonyl (C=O) groups excluding carboxylic acids is 1. The number of nitrogens with zero attached hydrogens (tertiary/aromatic N) is 5. The number of likely N-dealkylation sites (tertiary alicyclic amines) is 1. The van der Waals surface area contributed by atoms with Crippen LogP contribution in [0, 0.1) is 0 Å². The van der Waals surface area contributed by atoms with E-state index in [1.165, 1.54) is 6.33 Å². The molecular weight excluding hydrogens is 282 g/mol. The topological polar surface area (TPSA) is 71.5 Å². The summed E-state index contributed by atoms with van der Waals surface area (Å²) in [6.45, 7) is 6.70. The maximum Gasteiger partial charge on any atom is 0.410 e. The molecule has 0 aliphatic carbocycles. The molecule has 2 rings (SSSR count). The summed E-state index contributed by atoms with van der Waals surface area (Å²) in [4.78, 5) is 27.2. The molecule has 0 unspecified atom stereocenters. The molecule has 1 aliphatic heterocycles. The van der Waals surface area contributed by atoms with E-state index >= 15 is 0 Å². The maximum atomic E-state index is 11.8. The van der Waals surface area contributed by atoms with Crippen molar-refractivity contribution in [1.29, 1.82) is 0 Å². The molecular formula is C12H18ClN5O2. The van der Waals surface area contributed by atoms with Crippen LogP contribution in [0.4, 0.5) is 10.7 Å². The van der Waals surface area contributed by atoms with E-state index < -0.39 is 5.60 Å². The fraction of sp³-hybridized carbons (Fsp3) is 0.667. The lowest BCUT2D eigenvalue weighted by atomic mass is 10.1. The van der Waals surface area contributed by atoms with Crippen molar-refractivity contribution in [2.24, 2.45) is 0 Å². The second kappa shape index (κ2) is 5.40. The minimum atomic E-state index is -0.476. The quantitative estimate of drug-likeness (QED) is 0.825. The fourth-order valence-electron chi connectivity index (χ4n) is 1.78. The third kappa shape index (κ3) is 3.47. The van der Waals surface area contributed by atoms with E-state index in [2.05, 4.69) is 15.0 Å². The summed E-state index contributed by atoms with van der Waals surface area (Å²) >= 11 is 5.73. The summed E-state index contributed by atoms with van der Waals surface area (Å²) in [5.74, 6) is 0.499. The zero-order valence-electron chi connectivity index (χ0n) is 12.0. The number of likely N-dealkylation sites (N-methyl/N-ethyl adjacent to an activating group) is 1. The van der Waals surface area contributed by atoms with Crippen LogP contribution < -0.4 is 4.90 Å². The highest BCUT2D eigenvalue weighted by molar-refractivity contribution is 6.28. The summed E-state index contributed by atoms with van der Waals surface area (Å²) in [7, 11) is 1.86. The van der Waals surface area contributed by atoms with Crippen LogP contribution in [0.25, 0.3) is 0 Å². The lowest BCUT2D eigenvalue weighted by Crippen LogP contribution is -2.61. The lowest BCUT2D eigenvalue weighted by Gasteiger charge is -2.43. The predicted molar refractivity (Wildman–Crippen MR) is 74.8 cm³/mol. The number of aromatic nitrogens is 3. The number of ether oxygens (including phenoxy) is 1. The van der Waals surface area contributed by atoms with Crippen molar-refractivity contribution in [2.45, 2.75) is 32.4 Å². The Morgan fingerprint density at radius 1 is 1.45 bits per heavy atom. The molecule has 1 saturated heterocycles. The molecule has 1 aliphatic rings. The molecule has 20 heavy (non-hydrogen) atoms. The van der Waals surface area contributed by atoms with Crippen LogP contribution in [-0.4, -0.2) is 57.7 Å². The monoisotopic (exact) mass is 299 g/mol. The van der Waals surface area contributed by atoms with E-state index in [1.807, 2.05) is 32.7 Å². The molecule has 0 atom stereocenters. The van der Waals surface area contributed by atoms with Crippen molar-refractivity contribution in [3.05, 3.63) is 11.6 Å². The third-order valence-corrected chi connectivity index (χ3v) is 3.09. The van der Waals surface area contributed by atoms with E-state index in [0.717, 1.165) is 0 Å². The summed E-state index contributed by atoms with van der Waals surface area (Å²) in [6.07, 6.45) is 1.07. The molecule has 0 aromatic carbocycles. The Labute approximate surface area is 122 Å². The van der Waals surface area contributed by atoms with Gasteiger partial charge in [-0.25, -0.2) is 14.8 Å². The van der Waals surface area contributed by atoms with Gasteiger partial charge < -0.3 is 14.5 Å². The standard InChI is InChI=1S/C12H18ClN5O2/c1-12(2,3)20-11(19)18-5-8(6-18)17(4)10-15-7-14-9(13)16-10/h7-8H,5-6H2,1-4H3. The Balaban J connectivity index is 1.88. The molecule has 1 aromatic rings. The number of carbonyl (C=O) groups is 1. The second-order valence-corrected chi connectivity index (χ2v) is 6.04. The Kier molecular flexibility index (Phi) is 3.99. The van der Waals surface area contributed by atoms with Crippen LogP contribution in [0.3, 0.4) is 0 Å². The van der Waals surface area contributed by atoms with Gasteiger partial charge in [0.2, 0.25) is 11.2 Å². The second-order valence-electron chi connectivity index (χ2n) is 5.70. The van der Waals surface area contributed by atoms with E-state index in [4.69, 9.17) is 16.3 Å². The van der Waals surface area contributed by atoms with Crippen LogP contribution in [0.2, 0.25) is 5.28 Å². The number of hydrogen-bond acceptors (Lipinski definition) is 6. The van der Waals surface area contributed by atoms with Crippen molar-refractivity contribution in [3.63, 3.8) is 0 Å². The Morgan fingerprint density at radius 3 is 2.65 bits per heavy atom. The molecule has 1 aromatic heterocycles. The van der Waals surface area contributed by atoms with Crippen molar-refractivity contribution < 1.29 is 9.53 Å². The van der Waals surface area contributed by atoms with Gasteiger partial charge in [-0.05, 0) is 32.4 Å². The smallest absolute Gasteiger partial charge is 0.410 e. The van der Waals surface area contributed by atoms with Gasteiger partial charge in [0, 0.05) is 20.1 Å². The van der Waals surface area contributed by atoms with Gasteiger partial charge in [-0.1, -0.05) is 0 Å². The van der Waals surface area contributed by atoms with Crippen LogP contribution in [0.1, 0.15) is 20.8 Å². The van der Waals surface area contributed by atoms with Gasteiger partial charge in [0.25, 0.3) is 0 Å². The first kappa shape index (κ1) is 14.8. The average Bonchev–Trinajstić information content (AvgIpc) is 2.24. The van der Waals surface area contributed by atoms with Crippen molar-refractivity contribution in [1.82, 2.24) is 19.9 Å². The van der Waals surface area contributed by atoms with Gasteiger partial charge in [0.15, 0.2) is 0 Å². The highest BCUT2D eigenvalue weighted by Gasteiger charge is 2.36. The molecule has 1 fully saturated rings. The molecule has 0 N–H and O–H groups in total. The molecule has 0 spiro atoms. The van der Waals surface area contributed by atoms with E-state index in [1.54, 1.807) is 4.90 Å². The van der Waals surface area contributed by atoms with Gasteiger partial charge in [-0.15, -0.1) is 0 Å². The molecule has 0 radical (unpaired) electrons. The van der Waals surface area contributed by atoms with Crippen molar-refractivity contribution in [3.8, 4) is 0 Å². The van der Waals surface area contributed by atoms with Crippen LogP contribution in [0.5, 0.6) is 0 Å². The molecule has 7 nitrogen and oxygen atoms in total. The van der Waals surface area contributed by atoms with E-state index in [0.29, 0.717) is 19.0 Å². The van der Waals surface area contributed by atoms with E-state index in [-0.39, 0.29) is 17.4 Å². The SMILES string of the molecule is CN(c1ncnc(Cl)n1)C1CN(C(=O)OC(C)(C)C)C1. The molecule has 0 bridgehead atoms. The number of rotatable bonds is 2. The first-order valence-electron chi connectivity index (χ1n) is 6.31. The molecule has 8 heteroatoms. The van der Waals surface area contributed by atoms with E-state index in [9.17, 15) is 4.79 Å². The van der Waals surface area contributed by atoms with Gasteiger partial charge >= 0.3 is 6.09 Å². The fourth-order valence-corrected chi connectivity index (χ4v) is 1.90. The predicted octanol–water partition coefficient (Wildman–Crippen LogP) is 1.58. The van der Waals surface area contributed by atoms with Gasteiger partial charge in [0.05, 0.1) is 6.04 Å². The number of anilines is 1. The summed E-state index contributed by atoms with van der Waals surface area (Å²) in [6, 6.07) is 0.154. The molecule has 1 amide bonds. The van der Waals surface area contributed by atoms with Gasteiger partial charge in [0.1, 0.15) is 11.9 Å². The van der Waals surface area contributed by atoms with Crippen LogP contribution in [-0.2, 0) is 4.74 Å². The molecule has 110 valence electrons. The lowest BCUT2D eigenvalue weighted by molar-refractivity contribution is 0.00841. The van der Waals surface area contributed by atoms with Crippen LogP contribution >= 0.6 is 11.6 Å². The number of amides is 1. The average molecular weight is 300 g/mol. The zero-order valence-corrected chi connectivity index (χ0v) is 12.8. The Bertz CT molecular complexity index is 499. The largest absolute Gasteiger partial charge is 0.444 e. The number of halogens is 1. The molecule has 0 saturated carbocycles. The highest BCUT2D eigenvalue weighted by Crippen LogP contribution is 2.20. The minimum Gasteiger partial charge on any atom is -0.444 e. The minimum absolute atomic E-state index is 0.154. The Morgan fingerprint density at radius 2 is 2.10 bits per heavy atom. The van der Waals surface area contributed by atoms with Gasteiger partial charge in [-0.2, -0.15) is 4.98 Å². The summed E-state index contributed by atoms with van der Waals surface area (Å²) < 4.78 is 5.30. The van der Waals surface area contributed by atoms with Gasteiger partial charge in [-0.3, -0.25) is 0 Å². The third-order valence-electron chi connectivity index (χ3n) is 2.91. The van der Waals surface area contributed by atoms with Crippen molar-refractivity contribution in [2.75, 3.05) is 25.0 Å². The molecule has 2 heterocycles. The first-order chi connectivity index (χ1) is 9.26. The van der Waals surface area contributed by atoms with Crippen LogP contribution in [0.15, 0.2) is 6.33 Å². The highest BCUT2D eigenvalue weighted by atomic mass is 35.5.